The number of H-pyrrole nitrogens is 1. The fourth-order valence-electron chi connectivity index (χ4n) is 2.05. The summed E-state index contributed by atoms with van der Waals surface area (Å²) in [5, 5.41) is 0.207. The van der Waals surface area contributed by atoms with Crippen LogP contribution in [0.3, 0.4) is 0 Å². The molecule has 0 atom stereocenters. The zero-order valence-electron chi connectivity index (χ0n) is 9.75. The molecule has 0 aliphatic rings. The highest BCUT2D eigenvalue weighted by Gasteiger charge is 2.14. The Morgan fingerprint density at radius 1 is 1.15 bits per heavy atom. The summed E-state index contributed by atoms with van der Waals surface area (Å²) in [6.07, 6.45) is 0. The highest BCUT2D eigenvalue weighted by molar-refractivity contribution is 9.10. The van der Waals surface area contributed by atoms with Crippen LogP contribution in [0.1, 0.15) is 0 Å². The van der Waals surface area contributed by atoms with Crippen LogP contribution in [0.2, 0.25) is 5.02 Å². The molecule has 1 N–H and O–H groups in total. The minimum atomic E-state index is -0.456. The second-order valence-electron chi connectivity index (χ2n) is 4.15. The number of halogens is 4. The molecule has 3 rings (SSSR count). The van der Waals surface area contributed by atoms with Crippen molar-refractivity contribution in [2.24, 2.45) is 0 Å². The SMILES string of the molecule is Fc1cc(Cl)c(-n2c(=S)[nH]c3cc(F)ccc32)c(Br)c1. The van der Waals surface area contributed by atoms with E-state index in [0.717, 1.165) is 0 Å². The lowest BCUT2D eigenvalue weighted by Gasteiger charge is -2.10. The molecule has 3 aromatic rings. The normalized spacial score (nSPS) is 11.2. The van der Waals surface area contributed by atoms with Crippen molar-refractivity contribution in [2.75, 3.05) is 0 Å². The van der Waals surface area contributed by atoms with Gasteiger partial charge in [-0.2, -0.15) is 0 Å². The van der Waals surface area contributed by atoms with Gasteiger partial charge in [-0.3, -0.25) is 4.57 Å². The zero-order chi connectivity index (χ0) is 14.4. The number of hydrogen-bond donors (Lipinski definition) is 1. The van der Waals surface area contributed by atoms with Crippen LogP contribution in [-0.4, -0.2) is 9.55 Å². The van der Waals surface area contributed by atoms with Crippen LogP contribution >= 0.6 is 39.7 Å². The Morgan fingerprint density at radius 3 is 2.60 bits per heavy atom. The van der Waals surface area contributed by atoms with Gasteiger partial charge in [-0.25, -0.2) is 8.78 Å². The van der Waals surface area contributed by atoms with Crippen molar-refractivity contribution in [3.05, 3.63) is 56.2 Å². The van der Waals surface area contributed by atoms with Gasteiger partial charge in [0.15, 0.2) is 4.77 Å². The summed E-state index contributed by atoms with van der Waals surface area (Å²) in [4.78, 5) is 2.90. The monoisotopic (exact) mass is 374 g/mol. The van der Waals surface area contributed by atoms with Crippen molar-refractivity contribution < 1.29 is 8.78 Å². The molecule has 7 heteroatoms. The number of nitrogens with one attached hydrogen (secondary N) is 1. The molecular formula is C13H6BrClF2N2S. The summed E-state index contributed by atoms with van der Waals surface area (Å²) in [5.41, 5.74) is 1.71. The van der Waals surface area contributed by atoms with Crippen LogP contribution in [0.25, 0.3) is 16.7 Å². The van der Waals surface area contributed by atoms with E-state index in [9.17, 15) is 8.78 Å². The topological polar surface area (TPSA) is 20.7 Å². The van der Waals surface area contributed by atoms with Gasteiger partial charge in [0.05, 0.1) is 21.7 Å². The van der Waals surface area contributed by atoms with Crippen molar-refractivity contribution in [3.8, 4) is 5.69 Å². The van der Waals surface area contributed by atoms with E-state index >= 15 is 0 Å². The lowest BCUT2D eigenvalue weighted by Crippen LogP contribution is -1.97. The lowest BCUT2D eigenvalue weighted by atomic mass is 10.2. The summed E-state index contributed by atoms with van der Waals surface area (Å²) < 4.78 is 29.0. The molecule has 1 heterocycles. The maximum atomic E-state index is 13.3. The van der Waals surface area contributed by atoms with E-state index in [2.05, 4.69) is 20.9 Å². The van der Waals surface area contributed by atoms with Crippen LogP contribution in [-0.2, 0) is 0 Å². The van der Waals surface area contributed by atoms with E-state index in [-0.39, 0.29) is 10.8 Å². The molecule has 0 spiro atoms. The molecule has 102 valence electrons. The van der Waals surface area contributed by atoms with E-state index < -0.39 is 5.82 Å². The van der Waals surface area contributed by atoms with E-state index in [1.807, 2.05) is 0 Å². The molecule has 0 saturated carbocycles. The molecule has 0 radical (unpaired) electrons. The van der Waals surface area contributed by atoms with E-state index in [1.165, 1.54) is 24.3 Å². The van der Waals surface area contributed by atoms with Crippen molar-refractivity contribution in [2.45, 2.75) is 0 Å². The summed E-state index contributed by atoms with van der Waals surface area (Å²) in [5.74, 6) is -0.826. The molecule has 20 heavy (non-hydrogen) atoms. The molecule has 2 nitrogen and oxygen atoms in total. The number of imidazole rings is 1. The third kappa shape index (κ3) is 2.17. The first-order valence-corrected chi connectivity index (χ1v) is 7.10. The van der Waals surface area contributed by atoms with Crippen LogP contribution < -0.4 is 0 Å². The molecule has 0 aliphatic heterocycles. The predicted octanol–water partition coefficient (Wildman–Crippen LogP) is 5.38. The van der Waals surface area contributed by atoms with Crippen LogP contribution in [0, 0.1) is 16.4 Å². The van der Waals surface area contributed by atoms with E-state index in [4.69, 9.17) is 23.8 Å². The highest BCUT2D eigenvalue weighted by Crippen LogP contribution is 2.33. The smallest absolute Gasteiger partial charge is 0.182 e. The Hall–Kier alpha value is -1.24. The Bertz CT molecular complexity index is 865. The van der Waals surface area contributed by atoms with Gasteiger partial charge in [0, 0.05) is 4.47 Å². The van der Waals surface area contributed by atoms with Crippen LogP contribution in [0.5, 0.6) is 0 Å². The number of aromatic nitrogens is 2. The number of benzene rings is 2. The van der Waals surface area contributed by atoms with Crippen LogP contribution in [0.15, 0.2) is 34.8 Å². The summed E-state index contributed by atoms with van der Waals surface area (Å²) in [7, 11) is 0. The minimum absolute atomic E-state index is 0.207. The number of aromatic amines is 1. The fraction of sp³-hybridized carbons (Fsp3) is 0. The van der Waals surface area contributed by atoms with Crippen molar-refractivity contribution >= 4 is 50.8 Å². The average Bonchev–Trinajstić information content (AvgIpc) is 2.64. The third-order valence-electron chi connectivity index (χ3n) is 2.85. The van der Waals surface area contributed by atoms with Gasteiger partial charge >= 0.3 is 0 Å². The molecule has 0 amide bonds. The molecule has 0 aliphatic carbocycles. The number of nitrogens with zero attached hydrogens (tertiary/aromatic N) is 1. The number of fused-ring (bicyclic) bond motifs is 1. The van der Waals surface area contributed by atoms with E-state index in [1.54, 1.807) is 10.6 Å². The fourth-order valence-corrected chi connectivity index (χ4v) is 3.37. The average molecular weight is 376 g/mol. The Balaban J connectivity index is 2.41. The third-order valence-corrected chi connectivity index (χ3v) is 4.03. The highest BCUT2D eigenvalue weighted by atomic mass is 79.9. The molecule has 1 aromatic heterocycles. The molecule has 0 bridgehead atoms. The Kier molecular flexibility index (Phi) is 3.40. The largest absolute Gasteiger partial charge is 0.330 e. The predicted molar refractivity (Wildman–Crippen MR) is 81.1 cm³/mol. The summed E-state index contributed by atoms with van der Waals surface area (Å²) in [6.45, 7) is 0. The van der Waals surface area contributed by atoms with Gasteiger partial charge in [-0.1, -0.05) is 11.6 Å². The van der Waals surface area contributed by atoms with E-state index in [0.29, 0.717) is 26.0 Å². The first-order chi connectivity index (χ1) is 9.47. The Labute approximate surface area is 131 Å². The van der Waals surface area contributed by atoms with Crippen molar-refractivity contribution in [1.29, 1.82) is 0 Å². The van der Waals surface area contributed by atoms with Gasteiger partial charge in [-0.05, 0) is 58.5 Å². The molecule has 0 unspecified atom stereocenters. The number of rotatable bonds is 1. The second-order valence-corrected chi connectivity index (χ2v) is 5.79. The van der Waals surface area contributed by atoms with Gasteiger partial charge in [0.1, 0.15) is 11.6 Å². The first-order valence-electron chi connectivity index (χ1n) is 5.52. The van der Waals surface area contributed by atoms with Crippen molar-refractivity contribution in [1.82, 2.24) is 9.55 Å². The van der Waals surface area contributed by atoms with Crippen molar-refractivity contribution in [3.63, 3.8) is 0 Å². The molecule has 0 saturated heterocycles. The standard InChI is InChI=1S/C13H6BrClF2N2S/c14-8-3-7(17)4-9(15)12(8)19-11-2-1-6(16)5-10(11)18-13(19)20/h1-5H,(H,18,20). The lowest BCUT2D eigenvalue weighted by molar-refractivity contribution is 0.626. The molecular weight excluding hydrogens is 370 g/mol. The van der Waals surface area contributed by atoms with Gasteiger partial charge < -0.3 is 4.98 Å². The minimum Gasteiger partial charge on any atom is -0.330 e. The maximum absolute atomic E-state index is 13.3. The molecule has 2 aromatic carbocycles. The van der Waals surface area contributed by atoms with Gasteiger partial charge in [-0.15, -0.1) is 0 Å². The quantitative estimate of drug-likeness (QED) is 0.566. The maximum Gasteiger partial charge on any atom is 0.182 e. The second kappa shape index (κ2) is 4.95. The van der Waals surface area contributed by atoms with Crippen LogP contribution in [0.4, 0.5) is 8.78 Å². The first kappa shape index (κ1) is 13.7. The number of hydrogen-bond acceptors (Lipinski definition) is 1. The summed E-state index contributed by atoms with van der Waals surface area (Å²) in [6, 6.07) is 6.75. The molecule has 0 fully saturated rings. The van der Waals surface area contributed by atoms with Gasteiger partial charge in [0.25, 0.3) is 0 Å². The Morgan fingerprint density at radius 2 is 1.90 bits per heavy atom. The summed E-state index contributed by atoms with van der Waals surface area (Å²) >= 11 is 14.6. The van der Waals surface area contributed by atoms with Gasteiger partial charge in [0.2, 0.25) is 0 Å². The zero-order valence-corrected chi connectivity index (χ0v) is 12.9.